The van der Waals surface area contributed by atoms with Gasteiger partial charge in [0.25, 0.3) is 0 Å². The molecule has 0 unspecified atom stereocenters. The van der Waals surface area contributed by atoms with E-state index in [9.17, 15) is 4.79 Å². The predicted molar refractivity (Wildman–Crippen MR) is 103 cm³/mol. The van der Waals surface area contributed by atoms with Crippen molar-refractivity contribution in [3.8, 4) is 0 Å². The molecule has 0 atom stereocenters. The van der Waals surface area contributed by atoms with Gasteiger partial charge in [-0.3, -0.25) is 4.79 Å². The fourth-order valence-corrected chi connectivity index (χ4v) is 2.53. The third-order valence-electron chi connectivity index (χ3n) is 3.98. The van der Waals surface area contributed by atoms with Gasteiger partial charge in [0, 0.05) is 11.3 Å². The van der Waals surface area contributed by atoms with Gasteiger partial charge in [0.1, 0.15) is 0 Å². The molecule has 0 fully saturated rings. The molecule has 0 aromatic rings. The molecule has 0 aliphatic rings. The lowest BCUT2D eigenvalue weighted by Crippen LogP contribution is -1.89. The number of carbonyl (C=O) groups excluding carboxylic acids is 1. The SMILES string of the molecule is CCCCCCCCCC/C=C\CC/C=C\CCCC(=O)N=[N+]=[N-]. The zero-order valence-corrected chi connectivity index (χ0v) is 15.5. The first-order valence-corrected chi connectivity index (χ1v) is 9.69. The first-order valence-electron chi connectivity index (χ1n) is 9.69. The normalized spacial score (nSPS) is 11.2. The van der Waals surface area contributed by atoms with E-state index in [4.69, 9.17) is 5.53 Å². The van der Waals surface area contributed by atoms with Gasteiger partial charge in [-0.25, -0.2) is 0 Å². The lowest BCUT2D eigenvalue weighted by Gasteiger charge is -1.99. The summed E-state index contributed by atoms with van der Waals surface area (Å²) in [5, 5.41) is 3.04. The fraction of sp³-hybridized carbons (Fsp3) is 0.750. The number of nitrogens with zero attached hydrogens (tertiary/aromatic N) is 3. The molecule has 0 aliphatic carbocycles. The Morgan fingerprint density at radius 3 is 1.88 bits per heavy atom. The van der Waals surface area contributed by atoms with E-state index in [1.165, 1.54) is 57.8 Å². The van der Waals surface area contributed by atoms with Gasteiger partial charge in [0.05, 0.1) is 0 Å². The highest BCUT2D eigenvalue weighted by Gasteiger charge is 1.95. The molecule has 0 saturated carbocycles. The van der Waals surface area contributed by atoms with Gasteiger partial charge < -0.3 is 0 Å². The van der Waals surface area contributed by atoms with Crippen LogP contribution in [-0.2, 0) is 4.79 Å². The van der Waals surface area contributed by atoms with Crippen molar-refractivity contribution in [3.05, 3.63) is 34.7 Å². The van der Waals surface area contributed by atoms with Gasteiger partial charge in [0.15, 0.2) is 0 Å². The third-order valence-corrected chi connectivity index (χ3v) is 3.98. The minimum atomic E-state index is -0.366. The average Bonchev–Trinajstić information content (AvgIpc) is 2.58. The molecule has 1 amide bonds. The minimum Gasteiger partial charge on any atom is -0.293 e. The summed E-state index contributed by atoms with van der Waals surface area (Å²) in [6.07, 6.45) is 25.2. The van der Waals surface area contributed by atoms with Crippen LogP contribution in [0.3, 0.4) is 0 Å². The highest BCUT2D eigenvalue weighted by Crippen LogP contribution is 2.10. The summed E-state index contributed by atoms with van der Waals surface area (Å²) in [6.45, 7) is 2.26. The number of hydrogen-bond acceptors (Lipinski definition) is 1. The van der Waals surface area contributed by atoms with Crippen molar-refractivity contribution in [2.24, 2.45) is 5.11 Å². The first-order chi connectivity index (χ1) is 11.8. The number of hydrogen-bond donors (Lipinski definition) is 0. The molecular weight excluding hydrogens is 298 g/mol. The fourth-order valence-electron chi connectivity index (χ4n) is 2.53. The van der Waals surface area contributed by atoms with Crippen molar-refractivity contribution in [1.82, 2.24) is 0 Å². The average molecular weight is 334 g/mol. The van der Waals surface area contributed by atoms with E-state index in [2.05, 4.69) is 41.3 Å². The van der Waals surface area contributed by atoms with E-state index in [1.54, 1.807) is 0 Å². The molecule has 0 bridgehead atoms. The topological polar surface area (TPSA) is 65.8 Å². The Morgan fingerprint density at radius 2 is 1.29 bits per heavy atom. The molecule has 0 aromatic heterocycles. The number of rotatable bonds is 16. The summed E-state index contributed by atoms with van der Waals surface area (Å²) in [5.74, 6) is -0.366. The van der Waals surface area contributed by atoms with E-state index in [0.717, 1.165) is 25.7 Å². The quantitative estimate of drug-likeness (QED) is 0.0952. The maximum atomic E-state index is 10.9. The zero-order chi connectivity index (χ0) is 17.7. The van der Waals surface area contributed by atoms with Crippen LogP contribution in [0.15, 0.2) is 29.4 Å². The maximum absolute atomic E-state index is 10.9. The van der Waals surface area contributed by atoms with Crippen LogP contribution in [-0.4, -0.2) is 5.91 Å². The number of carbonyl (C=O) groups is 1. The first kappa shape index (κ1) is 22.5. The highest BCUT2D eigenvalue weighted by molar-refractivity contribution is 5.76. The molecule has 4 heteroatoms. The number of allylic oxidation sites excluding steroid dienone is 4. The Bertz CT molecular complexity index is 396. The largest absolute Gasteiger partial charge is 0.293 e. The van der Waals surface area contributed by atoms with E-state index in [0.29, 0.717) is 6.42 Å². The Morgan fingerprint density at radius 1 is 0.792 bits per heavy atom. The number of amides is 1. The Balaban J connectivity index is 3.27. The summed E-state index contributed by atoms with van der Waals surface area (Å²) in [5.41, 5.74) is 8.10. The van der Waals surface area contributed by atoms with Crippen LogP contribution in [0.2, 0.25) is 0 Å². The van der Waals surface area contributed by atoms with E-state index in [-0.39, 0.29) is 5.91 Å². The molecule has 136 valence electrons. The van der Waals surface area contributed by atoms with Crippen LogP contribution in [0.25, 0.3) is 10.4 Å². The molecule has 0 saturated heterocycles. The highest BCUT2D eigenvalue weighted by atomic mass is 16.1. The molecule has 24 heavy (non-hydrogen) atoms. The molecule has 0 N–H and O–H groups in total. The lowest BCUT2D eigenvalue weighted by molar-refractivity contribution is -0.118. The lowest BCUT2D eigenvalue weighted by atomic mass is 10.1. The van der Waals surface area contributed by atoms with Crippen LogP contribution in [0.4, 0.5) is 0 Å². The van der Waals surface area contributed by atoms with Gasteiger partial charge >= 0.3 is 0 Å². The summed E-state index contributed by atoms with van der Waals surface area (Å²) >= 11 is 0. The van der Waals surface area contributed by atoms with Crippen molar-refractivity contribution < 1.29 is 4.79 Å². The molecule has 0 aliphatic heterocycles. The van der Waals surface area contributed by atoms with Crippen LogP contribution >= 0.6 is 0 Å². The van der Waals surface area contributed by atoms with Gasteiger partial charge in [-0.1, -0.05) is 76.2 Å². The van der Waals surface area contributed by atoms with Crippen molar-refractivity contribution in [2.45, 2.75) is 96.8 Å². The predicted octanol–water partition coefficient (Wildman–Crippen LogP) is 7.42. The molecule has 4 nitrogen and oxygen atoms in total. The summed E-state index contributed by atoms with van der Waals surface area (Å²) in [7, 11) is 0. The Hall–Kier alpha value is -1.54. The van der Waals surface area contributed by atoms with Crippen LogP contribution in [0.5, 0.6) is 0 Å². The second-order valence-electron chi connectivity index (χ2n) is 6.26. The molecular formula is C20H35N3O. The standard InChI is InChI=1S/C20H35N3O/c1-2-3-4-5-6-7-8-9-10-11-12-13-14-15-16-17-18-19-20(24)22-23-21/h11-12,15-16H,2-10,13-14,17-19H2,1H3/b12-11-,16-15-. The molecule has 0 radical (unpaired) electrons. The monoisotopic (exact) mass is 333 g/mol. The Labute approximate surface area is 148 Å². The van der Waals surface area contributed by atoms with Crippen molar-refractivity contribution >= 4 is 5.91 Å². The van der Waals surface area contributed by atoms with Crippen molar-refractivity contribution in [1.29, 1.82) is 0 Å². The van der Waals surface area contributed by atoms with Crippen molar-refractivity contribution in [2.75, 3.05) is 0 Å². The summed E-state index contributed by atoms with van der Waals surface area (Å²) in [6, 6.07) is 0. The van der Waals surface area contributed by atoms with Gasteiger partial charge in [-0.2, -0.15) is 0 Å². The Kier molecular flexibility index (Phi) is 18.3. The maximum Gasteiger partial charge on any atom is 0.218 e. The van der Waals surface area contributed by atoms with Crippen LogP contribution in [0, 0.1) is 0 Å². The zero-order valence-electron chi connectivity index (χ0n) is 15.5. The smallest absolute Gasteiger partial charge is 0.218 e. The number of unbranched alkanes of at least 4 members (excludes halogenated alkanes) is 10. The minimum absolute atomic E-state index is 0.340. The summed E-state index contributed by atoms with van der Waals surface area (Å²) in [4.78, 5) is 13.4. The third kappa shape index (κ3) is 18.5. The molecule has 0 heterocycles. The second-order valence-corrected chi connectivity index (χ2v) is 6.26. The second kappa shape index (κ2) is 19.5. The van der Waals surface area contributed by atoms with E-state index >= 15 is 0 Å². The van der Waals surface area contributed by atoms with Crippen molar-refractivity contribution in [3.63, 3.8) is 0 Å². The van der Waals surface area contributed by atoms with Gasteiger partial charge in [0.2, 0.25) is 5.91 Å². The number of azide groups is 1. The molecule has 0 rings (SSSR count). The summed E-state index contributed by atoms with van der Waals surface area (Å²) < 4.78 is 0. The molecule has 0 aromatic carbocycles. The van der Waals surface area contributed by atoms with Gasteiger partial charge in [-0.05, 0) is 49.2 Å². The van der Waals surface area contributed by atoms with E-state index in [1.807, 2.05) is 0 Å². The van der Waals surface area contributed by atoms with Crippen LogP contribution in [0.1, 0.15) is 96.8 Å². The van der Waals surface area contributed by atoms with E-state index < -0.39 is 0 Å². The van der Waals surface area contributed by atoms with Gasteiger partial charge in [-0.15, -0.1) is 0 Å². The molecule has 0 spiro atoms. The van der Waals surface area contributed by atoms with Crippen LogP contribution < -0.4 is 0 Å².